The summed E-state index contributed by atoms with van der Waals surface area (Å²) in [5, 5.41) is 21.0. The maximum absolute atomic E-state index is 13.6. The molecule has 1 fully saturated rings. The third-order valence-corrected chi connectivity index (χ3v) is 2.63. The van der Waals surface area contributed by atoms with Crippen molar-refractivity contribution in [2.75, 3.05) is 5.32 Å². The van der Waals surface area contributed by atoms with Gasteiger partial charge in [0.25, 0.3) is 0 Å². The highest BCUT2D eigenvalue weighted by Gasteiger charge is 2.24. The number of hydrogen-bond acceptors (Lipinski definition) is 3. The van der Waals surface area contributed by atoms with Gasteiger partial charge in [-0.25, -0.2) is 4.39 Å². The second kappa shape index (κ2) is 5.04. The lowest BCUT2D eigenvalue weighted by Gasteiger charge is -2.11. The van der Waals surface area contributed by atoms with Gasteiger partial charge in [0.1, 0.15) is 5.82 Å². The molecule has 0 heterocycles. The van der Waals surface area contributed by atoms with Crippen LogP contribution in [0.2, 0.25) is 0 Å². The molecule has 0 radical (unpaired) electrons. The summed E-state index contributed by atoms with van der Waals surface area (Å²) in [5.74, 6) is -0.546. The molecular formula is C10H14BClFNO2. The molecule has 0 aromatic heterocycles. The minimum Gasteiger partial charge on any atom is -0.423 e. The Morgan fingerprint density at radius 3 is 2.50 bits per heavy atom. The summed E-state index contributed by atoms with van der Waals surface area (Å²) in [6.45, 7) is 1.63. The zero-order valence-corrected chi connectivity index (χ0v) is 9.72. The topological polar surface area (TPSA) is 52.5 Å². The molecule has 0 amide bonds. The van der Waals surface area contributed by atoms with Crippen molar-refractivity contribution >= 4 is 30.7 Å². The van der Waals surface area contributed by atoms with E-state index in [1.807, 2.05) is 0 Å². The lowest BCUT2D eigenvalue weighted by Crippen LogP contribution is -2.33. The quantitative estimate of drug-likeness (QED) is 0.691. The van der Waals surface area contributed by atoms with Crippen LogP contribution in [0.5, 0.6) is 0 Å². The van der Waals surface area contributed by atoms with E-state index in [9.17, 15) is 4.39 Å². The molecule has 3 N–H and O–H groups in total. The molecule has 0 atom stereocenters. The van der Waals surface area contributed by atoms with Crippen LogP contribution in [-0.2, 0) is 0 Å². The van der Waals surface area contributed by atoms with Gasteiger partial charge in [-0.3, -0.25) is 0 Å². The van der Waals surface area contributed by atoms with Gasteiger partial charge < -0.3 is 15.4 Å². The van der Waals surface area contributed by atoms with Crippen molar-refractivity contribution in [1.29, 1.82) is 0 Å². The summed E-state index contributed by atoms with van der Waals surface area (Å²) in [5.41, 5.74) is 1.10. The molecule has 0 aliphatic heterocycles. The maximum Gasteiger partial charge on any atom is 0.491 e. The van der Waals surface area contributed by atoms with E-state index in [0.717, 1.165) is 18.5 Å². The zero-order chi connectivity index (χ0) is 11.0. The first kappa shape index (κ1) is 13.3. The number of halogens is 2. The molecular weight excluding hydrogens is 231 g/mol. The van der Waals surface area contributed by atoms with Crippen molar-refractivity contribution in [2.24, 2.45) is 0 Å². The van der Waals surface area contributed by atoms with Gasteiger partial charge in [0.2, 0.25) is 0 Å². The van der Waals surface area contributed by atoms with Gasteiger partial charge >= 0.3 is 7.12 Å². The highest BCUT2D eigenvalue weighted by molar-refractivity contribution is 6.58. The molecule has 0 unspecified atom stereocenters. The van der Waals surface area contributed by atoms with Crippen LogP contribution in [0, 0.1) is 12.7 Å². The van der Waals surface area contributed by atoms with Crippen molar-refractivity contribution in [1.82, 2.24) is 0 Å². The van der Waals surface area contributed by atoms with Crippen molar-refractivity contribution < 1.29 is 14.4 Å². The van der Waals surface area contributed by atoms with Crippen molar-refractivity contribution in [3.05, 3.63) is 23.5 Å². The van der Waals surface area contributed by atoms with E-state index in [1.165, 1.54) is 6.07 Å². The summed E-state index contributed by atoms with van der Waals surface area (Å²) < 4.78 is 13.6. The van der Waals surface area contributed by atoms with E-state index in [0.29, 0.717) is 11.6 Å². The number of rotatable bonds is 3. The predicted octanol–water partition coefficient (Wildman–Crippen LogP) is 0.810. The predicted molar refractivity (Wildman–Crippen MR) is 64.9 cm³/mol. The second-order valence-electron chi connectivity index (χ2n) is 3.93. The summed E-state index contributed by atoms with van der Waals surface area (Å²) in [6.07, 6.45) is 2.23. The third-order valence-electron chi connectivity index (χ3n) is 2.63. The Morgan fingerprint density at radius 1 is 1.38 bits per heavy atom. The summed E-state index contributed by atoms with van der Waals surface area (Å²) in [4.78, 5) is 0. The van der Waals surface area contributed by atoms with Crippen molar-refractivity contribution in [3.8, 4) is 0 Å². The van der Waals surface area contributed by atoms with Gasteiger partial charge in [-0.2, -0.15) is 0 Å². The van der Waals surface area contributed by atoms with Crippen LogP contribution in [0.3, 0.4) is 0 Å². The summed E-state index contributed by atoms with van der Waals surface area (Å²) >= 11 is 0. The zero-order valence-electron chi connectivity index (χ0n) is 8.90. The lowest BCUT2D eigenvalue weighted by atomic mass is 9.79. The molecule has 0 bridgehead atoms. The Morgan fingerprint density at radius 2 is 2.00 bits per heavy atom. The molecule has 0 saturated heterocycles. The molecule has 88 valence electrons. The standard InChI is InChI=1S/C10H13BFNO2.ClH/c1-6-9(13-7-2-3-7)5-4-8(10(6)12)11(14)15;/h4-5,7,13-15H,2-3H2,1H3;1H. The lowest BCUT2D eigenvalue weighted by molar-refractivity contribution is 0.423. The van der Waals surface area contributed by atoms with Gasteiger partial charge in [-0.15, -0.1) is 12.4 Å². The molecule has 1 aromatic rings. The Hall–Kier alpha value is -0.775. The normalized spacial score (nSPS) is 14.2. The number of benzene rings is 1. The van der Waals surface area contributed by atoms with Gasteiger partial charge in [0.15, 0.2) is 0 Å². The van der Waals surface area contributed by atoms with Crippen LogP contribution in [0.15, 0.2) is 12.1 Å². The third kappa shape index (κ3) is 2.67. The smallest absolute Gasteiger partial charge is 0.423 e. The fraction of sp³-hybridized carbons (Fsp3) is 0.400. The molecule has 6 heteroatoms. The average molecular weight is 245 g/mol. The van der Waals surface area contributed by atoms with Crippen LogP contribution in [-0.4, -0.2) is 23.2 Å². The number of nitrogens with one attached hydrogen (secondary N) is 1. The van der Waals surface area contributed by atoms with E-state index in [-0.39, 0.29) is 17.9 Å². The maximum atomic E-state index is 13.6. The monoisotopic (exact) mass is 245 g/mol. The van der Waals surface area contributed by atoms with Crippen molar-refractivity contribution in [3.63, 3.8) is 0 Å². The molecule has 3 nitrogen and oxygen atoms in total. The van der Waals surface area contributed by atoms with E-state index in [4.69, 9.17) is 10.0 Å². The first-order chi connectivity index (χ1) is 7.09. The van der Waals surface area contributed by atoms with E-state index in [2.05, 4.69) is 5.32 Å². The highest BCUT2D eigenvalue weighted by Crippen LogP contribution is 2.26. The Kier molecular flexibility index (Phi) is 4.18. The largest absolute Gasteiger partial charge is 0.491 e. The second-order valence-corrected chi connectivity index (χ2v) is 3.93. The highest BCUT2D eigenvalue weighted by atomic mass is 35.5. The number of hydrogen-bond donors (Lipinski definition) is 3. The van der Waals surface area contributed by atoms with E-state index in [1.54, 1.807) is 13.0 Å². The van der Waals surface area contributed by atoms with Gasteiger partial charge in [0, 0.05) is 22.8 Å². The fourth-order valence-electron chi connectivity index (χ4n) is 1.51. The van der Waals surface area contributed by atoms with Gasteiger partial charge in [-0.05, 0) is 25.8 Å². The minimum atomic E-state index is -1.75. The van der Waals surface area contributed by atoms with E-state index >= 15 is 0 Å². The Labute approximate surface area is 100 Å². The van der Waals surface area contributed by atoms with Crippen LogP contribution < -0.4 is 10.8 Å². The Balaban J connectivity index is 0.00000128. The van der Waals surface area contributed by atoms with Crippen LogP contribution in [0.4, 0.5) is 10.1 Å². The Bertz CT molecular complexity index is 385. The molecule has 1 aliphatic rings. The van der Waals surface area contributed by atoms with Gasteiger partial charge in [0.05, 0.1) is 0 Å². The fourth-order valence-corrected chi connectivity index (χ4v) is 1.51. The first-order valence-electron chi connectivity index (χ1n) is 5.01. The first-order valence-corrected chi connectivity index (χ1v) is 5.01. The molecule has 1 aliphatic carbocycles. The van der Waals surface area contributed by atoms with Crippen LogP contribution >= 0.6 is 12.4 Å². The SMILES string of the molecule is Cc1c(NC2CC2)ccc(B(O)O)c1F.Cl. The van der Waals surface area contributed by atoms with Crippen LogP contribution in [0.1, 0.15) is 18.4 Å². The van der Waals surface area contributed by atoms with Gasteiger partial charge in [-0.1, -0.05) is 6.07 Å². The van der Waals surface area contributed by atoms with Crippen LogP contribution in [0.25, 0.3) is 0 Å². The minimum absolute atomic E-state index is 0. The molecule has 1 saturated carbocycles. The molecule has 16 heavy (non-hydrogen) atoms. The summed E-state index contributed by atoms with van der Waals surface area (Å²) in [6, 6.07) is 3.54. The number of anilines is 1. The van der Waals surface area contributed by atoms with E-state index < -0.39 is 12.9 Å². The molecule has 2 rings (SSSR count). The average Bonchev–Trinajstić information content (AvgIpc) is 2.96. The van der Waals surface area contributed by atoms with Crippen molar-refractivity contribution in [2.45, 2.75) is 25.8 Å². The summed E-state index contributed by atoms with van der Waals surface area (Å²) in [7, 11) is -1.75. The molecule has 0 spiro atoms. The molecule has 1 aromatic carbocycles.